The molecule has 0 aromatic heterocycles. The van der Waals surface area contributed by atoms with Gasteiger partial charge in [-0.1, -0.05) is 47.0 Å². The number of carbonyl (C=O) groups is 1. The van der Waals surface area contributed by atoms with E-state index < -0.39 is 0 Å². The molecule has 116 valence electrons. The number of aryl methyl sites for hydroxylation is 1. The summed E-state index contributed by atoms with van der Waals surface area (Å²) in [5.41, 5.74) is 1.36. The fourth-order valence-corrected chi connectivity index (χ4v) is 3.60. The molecule has 0 saturated heterocycles. The Morgan fingerprint density at radius 3 is 2.57 bits per heavy atom. The van der Waals surface area contributed by atoms with Crippen molar-refractivity contribution in [1.29, 1.82) is 0 Å². The van der Waals surface area contributed by atoms with E-state index in [2.05, 4.69) is 46.3 Å². The molecule has 0 atom stereocenters. The summed E-state index contributed by atoms with van der Waals surface area (Å²) in [6, 6.07) is 8.09. The van der Waals surface area contributed by atoms with E-state index in [1.54, 1.807) is 0 Å². The van der Waals surface area contributed by atoms with Gasteiger partial charge in [0, 0.05) is 23.0 Å². The average molecular weight is 353 g/mol. The van der Waals surface area contributed by atoms with Crippen molar-refractivity contribution >= 4 is 21.8 Å². The van der Waals surface area contributed by atoms with Crippen LogP contribution in [0.3, 0.4) is 0 Å². The zero-order valence-electron chi connectivity index (χ0n) is 13.0. The Labute approximate surface area is 136 Å². The largest absolute Gasteiger partial charge is 0.354 e. The lowest BCUT2D eigenvalue weighted by atomic mass is 9.96. The van der Waals surface area contributed by atoms with E-state index >= 15 is 0 Å². The maximum atomic E-state index is 12.1. The van der Waals surface area contributed by atoms with Crippen molar-refractivity contribution in [2.45, 2.75) is 44.1 Å². The number of halogens is 1. The number of carbonyl (C=O) groups excluding carboxylic acids is 1. The minimum Gasteiger partial charge on any atom is -0.354 e. The predicted octanol–water partition coefficient (Wildman–Crippen LogP) is 3.37. The van der Waals surface area contributed by atoms with Crippen molar-refractivity contribution in [2.75, 3.05) is 20.6 Å². The van der Waals surface area contributed by atoms with Gasteiger partial charge < -0.3 is 10.2 Å². The topological polar surface area (TPSA) is 32.3 Å². The van der Waals surface area contributed by atoms with Gasteiger partial charge in [0.2, 0.25) is 5.91 Å². The number of nitrogens with zero attached hydrogens (tertiary/aromatic N) is 1. The summed E-state index contributed by atoms with van der Waals surface area (Å²) < 4.78 is 1.08. The summed E-state index contributed by atoms with van der Waals surface area (Å²) in [4.78, 5) is 14.4. The highest BCUT2D eigenvalue weighted by molar-refractivity contribution is 9.10. The van der Waals surface area contributed by atoms with Gasteiger partial charge in [0.25, 0.3) is 0 Å². The van der Waals surface area contributed by atoms with Crippen LogP contribution in [0.4, 0.5) is 0 Å². The lowest BCUT2D eigenvalue weighted by Crippen LogP contribution is -2.50. The van der Waals surface area contributed by atoms with E-state index in [4.69, 9.17) is 0 Å². The fraction of sp³-hybridized carbons (Fsp3) is 0.588. The van der Waals surface area contributed by atoms with Crippen molar-refractivity contribution in [3.8, 4) is 0 Å². The van der Waals surface area contributed by atoms with Crippen LogP contribution >= 0.6 is 15.9 Å². The van der Waals surface area contributed by atoms with E-state index in [1.165, 1.54) is 31.2 Å². The molecule has 1 aromatic rings. The standard InChI is InChI=1S/C17H25BrN2O/c1-20(2)17(11-5-6-12-17)13-19-16(21)10-9-14-7-3-4-8-15(14)18/h3-4,7-8H,5-6,9-13H2,1-2H3,(H,19,21). The zero-order valence-corrected chi connectivity index (χ0v) is 14.6. The van der Waals surface area contributed by atoms with Gasteiger partial charge in [-0.05, 0) is 45.0 Å². The summed E-state index contributed by atoms with van der Waals surface area (Å²) in [6.45, 7) is 0.773. The first-order valence-corrected chi connectivity index (χ1v) is 8.50. The molecule has 21 heavy (non-hydrogen) atoms. The molecule has 0 bridgehead atoms. The van der Waals surface area contributed by atoms with E-state index in [0.29, 0.717) is 6.42 Å². The first kappa shape index (κ1) is 16.5. The van der Waals surface area contributed by atoms with Gasteiger partial charge in [-0.3, -0.25) is 4.79 Å². The van der Waals surface area contributed by atoms with Crippen molar-refractivity contribution in [3.63, 3.8) is 0 Å². The smallest absolute Gasteiger partial charge is 0.220 e. The number of nitrogens with one attached hydrogen (secondary N) is 1. The van der Waals surface area contributed by atoms with E-state index in [-0.39, 0.29) is 11.4 Å². The molecule has 0 heterocycles. The molecule has 0 spiro atoms. The van der Waals surface area contributed by atoms with Gasteiger partial charge in [0.15, 0.2) is 0 Å². The second kappa shape index (κ2) is 7.41. The van der Waals surface area contributed by atoms with Crippen LogP contribution in [0.5, 0.6) is 0 Å². The Morgan fingerprint density at radius 2 is 1.95 bits per heavy atom. The lowest BCUT2D eigenvalue weighted by molar-refractivity contribution is -0.121. The molecule has 1 amide bonds. The molecule has 1 aromatic carbocycles. The molecule has 0 unspecified atom stereocenters. The van der Waals surface area contributed by atoms with Crippen molar-refractivity contribution < 1.29 is 4.79 Å². The minimum atomic E-state index is 0.152. The van der Waals surface area contributed by atoms with Gasteiger partial charge in [-0.25, -0.2) is 0 Å². The van der Waals surface area contributed by atoms with Gasteiger partial charge >= 0.3 is 0 Å². The Bertz CT molecular complexity index is 481. The van der Waals surface area contributed by atoms with Crippen molar-refractivity contribution in [3.05, 3.63) is 34.3 Å². The van der Waals surface area contributed by atoms with E-state index in [0.717, 1.165) is 17.4 Å². The van der Waals surface area contributed by atoms with Crippen LogP contribution in [0.15, 0.2) is 28.7 Å². The molecule has 1 N–H and O–H groups in total. The molecule has 1 aliphatic carbocycles. The molecule has 1 aliphatic rings. The Balaban J connectivity index is 1.81. The second-order valence-corrected chi connectivity index (χ2v) is 7.05. The summed E-state index contributed by atoms with van der Waals surface area (Å²) in [5, 5.41) is 3.14. The third kappa shape index (κ3) is 4.30. The molecule has 3 nitrogen and oxygen atoms in total. The molecule has 1 saturated carbocycles. The molecule has 1 fully saturated rings. The maximum absolute atomic E-state index is 12.1. The normalized spacial score (nSPS) is 17.1. The van der Waals surface area contributed by atoms with Crippen LogP contribution in [-0.2, 0) is 11.2 Å². The Hall–Kier alpha value is -0.870. The molecular formula is C17H25BrN2O. The van der Waals surface area contributed by atoms with Crippen LogP contribution in [0.1, 0.15) is 37.7 Å². The fourth-order valence-electron chi connectivity index (χ4n) is 3.12. The number of likely N-dealkylation sites (N-methyl/N-ethyl adjacent to an activating group) is 1. The maximum Gasteiger partial charge on any atom is 0.220 e. The van der Waals surface area contributed by atoms with Gasteiger partial charge in [-0.15, -0.1) is 0 Å². The van der Waals surface area contributed by atoms with Gasteiger partial charge in [0.05, 0.1) is 0 Å². The number of rotatable bonds is 6. The molecule has 4 heteroatoms. The number of hydrogen-bond acceptors (Lipinski definition) is 2. The van der Waals surface area contributed by atoms with Crippen molar-refractivity contribution in [2.24, 2.45) is 0 Å². The van der Waals surface area contributed by atoms with Crippen LogP contribution in [0, 0.1) is 0 Å². The first-order chi connectivity index (χ1) is 10.0. The average Bonchev–Trinajstić information content (AvgIpc) is 2.94. The monoisotopic (exact) mass is 352 g/mol. The minimum absolute atomic E-state index is 0.152. The van der Waals surface area contributed by atoms with Crippen molar-refractivity contribution in [1.82, 2.24) is 10.2 Å². The number of amides is 1. The number of hydrogen-bond donors (Lipinski definition) is 1. The first-order valence-electron chi connectivity index (χ1n) is 7.71. The molecule has 0 aliphatic heterocycles. The zero-order chi connectivity index (χ0) is 15.3. The summed E-state index contributed by atoms with van der Waals surface area (Å²) in [5.74, 6) is 0.152. The summed E-state index contributed by atoms with van der Waals surface area (Å²) in [7, 11) is 4.25. The summed E-state index contributed by atoms with van der Waals surface area (Å²) >= 11 is 3.53. The SMILES string of the molecule is CN(C)C1(CNC(=O)CCc2ccccc2Br)CCCC1. The number of benzene rings is 1. The molecular weight excluding hydrogens is 328 g/mol. The van der Waals surface area contributed by atoms with Gasteiger partial charge in [0.1, 0.15) is 0 Å². The van der Waals surface area contributed by atoms with Gasteiger partial charge in [-0.2, -0.15) is 0 Å². The third-order valence-electron chi connectivity index (χ3n) is 4.68. The van der Waals surface area contributed by atoms with Crippen LogP contribution in [0.2, 0.25) is 0 Å². The quantitative estimate of drug-likeness (QED) is 0.851. The predicted molar refractivity (Wildman–Crippen MR) is 90.4 cm³/mol. The molecule has 2 rings (SSSR count). The second-order valence-electron chi connectivity index (χ2n) is 6.19. The summed E-state index contributed by atoms with van der Waals surface area (Å²) in [6.07, 6.45) is 6.24. The highest BCUT2D eigenvalue weighted by Gasteiger charge is 2.35. The highest BCUT2D eigenvalue weighted by atomic mass is 79.9. The third-order valence-corrected chi connectivity index (χ3v) is 5.45. The van der Waals surface area contributed by atoms with Crippen LogP contribution < -0.4 is 5.32 Å². The van der Waals surface area contributed by atoms with Crippen LogP contribution in [0.25, 0.3) is 0 Å². The lowest BCUT2D eigenvalue weighted by Gasteiger charge is -2.36. The van der Waals surface area contributed by atoms with E-state index in [9.17, 15) is 4.79 Å². The highest BCUT2D eigenvalue weighted by Crippen LogP contribution is 2.33. The van der Waals surface area contributed by atoms with E-state index in [1.807, 2.05) is 18.2 Å². The molecule has 0 radical (unpaired) electrons. The Kier molecular flexibility index (Phi) is 5.82. The van der Waals surface area contributed by atoms with Crippen LogP contribution in [-0.4, -0.2) is 37.0 Å². The Morgan fingerprint density at radius 1 is 1.29 bits per heavy atom.